The molecule has 1 unspecified atom stereocenters. The molecule has 1 aliphatic heterocycles. The summed E-state index contributed by atoms with van der Waals surface area (Å²) in [5, 5.41) is 8.51. The van der Waals surface area contributed by atoms with Crippen LogP contribution in [0.5, 0.6) is 0 Å². The lowest BCUT2D eigenvalue weighted by Gasteiger charge is -2.26. The van der Waals surface area contributed by atoms with Crippen LogP contribution in [0.2, 0.25) is 0 Å². The number of hydrogen-bond acceptors (Lipinski definition) is 4. The van der Waals surface area contributed by atoms with E-state index in [1.54, 1.807) is 11.9 Å². The number of nitrogens with two attached hydrogens (primary N) is 1. The van der Waals surface area contributed by atoms with E-state index in [2.05, 4.69) is 0 Å². The first-order chi connectivity index (χ1) is 9.49. The predicted octanol–water partition coefficient (Wildman–Crippen LogP) is 0.697. The maximum Gasteiger partial charge on any atom is 0.329 e. The maximum atomic E-state index is 11.6. The minimum atomic E-state index is -1.01. The molecule has 6 nitrogen and oxygen atoms in total. The van der Waals surface area contributed by atoms with E-state index in [0.29, 0.717) is 12.8 Å². The first kappa shape index (κ1) is 14.5. The number of fused-ring (bicyclic) bond motifs is 1. The number of aryl methyl sites for hydroxylation is 1. The fourth-order valence-electron chi connectivity index (χ4n) is 2.28. The molecule has 0 aromatic heterocycles. The summed E-state index contributed by atoms with van der Waals surface area (Å²) in [4.78, 5) is 23.6. The third-order valence-corrected chi connectivity index (χ3v) is 3.40. The number of carboxylic acid groups (broad SMARTS) is 1. The summed E-state index contributed by atoms with van der Waals surface area (Å²) >= 11 is 0. The minimum Gasteiger partial charge on any atom is -0.480 e. The third-order valence-electron chi connectivity index (χ3n) is 3.40. The smallest absolute Gasteiger partial charge is 0.329 e. The molecule has 0 aliphatic carbocycles. The number of anilines is 1. The van der Waals surface area contributed by atoms with Gasteiger partial charge in [0.25, 0.3) is 0 Å². The summed E-state index contributed by atoms with van der Waals surface area (Å²) in [6.45, 7) is -0.199. The van der Waals surface area contributed by atoms with Crippen molar-refractivity contribution < 1.29 is 19.4 Å². The van der Waals surface area contributed by atoms with Gasteiger partial charge in [-0.15, -0.1) is 0 Å². The zero-order chi connectivity index (χ0) is 14.7. The zero-order valence-electron chi connectivity index (χ0n) is 11.3. The van der Waals surface area contributed by atoms with Crippen molar-refractivity contribution in [2.24, 2.45) is 5.73 Å². The van der Waals surface area contributed by atoms with Gasteiger partial charge >= 0.3 is 5.97 Å². The summed E-state index contributed by atoms with van der Waals surface area (Å²) in [7, 11) is 1.76. The standard InChI is InChI=1S/C14H18N2O4/c1-16-12-4-2-9(6-10(12)3-5-13(16)17)11(15)7-20-8-14(18)19/h2,4,6,11H,3,5,7-8,15H2,1H3,(H,18,19). The average Bonchev–Trinajstić information content (AvgIpc) is 2.42. The molecular weight excluding hydrogens is 260 g/mol. The van der Waals surface area contributed by atoms with Crippen LogP contribution in [0.15, 0.2) is 18.2 Å². The Morgan fingerprint density at radius 1 is 1.50 bits per heavy atom. The summed E-state index contributed by atoms with van der Waals surface area (Å²) in [6, 6.07) is 5.32. The van der Waals surface area contributed by atoms with Gasteiger partial charge in [-0.2, -0.15) is 0 Å². The van der Waals surface area contributed by atoms with Gasteiger partial charge in [0.2, 0.25) is 5.91 Å². The number of hydrogen-bond donors (Lipinski definition) is 2. The molecule has 1 atom stereocenters. The molecule has 0 fully saturated rings. The molecule has 0 radical (unpaired) electrons. The van der Waals surface area contributed by atoms with Gasteiger partial charge in [-0.1, -0.05) is 12.1 Å². The van der Waals surface area contributed by atoms with Gasteiger partial charge in [0.05, 0.1) is 12.6 Å². The van der Waals surface area contributed by atoms with Crippen LogP contribution in [0.1, 0.15) is 23.6 Å². The van der Waals surface area contributed by atoms with E-state index in [0.717, 1.165) is 16.8 Å². The molecule has 0 saturated carbocycles. The van der Waals surface area contributed by atoms with Crippen molar-refractivity contribution in [2.75, 3.05) is 25.2 Å². The first-order valence-electron chi connectivity index (χ1n) is 6.43. The van der Waals surface area contributed by atoms with E-state index in [9.17, 15) is 9.59 Å². The van der Waals surface area contributed by atoms with E-state index >= 15 is 0 Å². The number of nitrogens with zero attached hydrogens (tertiary/aromatic N) is 1. The molecule has 1 heterocycles. The topological polar surface area (TPSA) is 92.9 Å². The lowest BCUT2D eigenvalue weighted by Crippen LogP contribution is -2.31. The summed E-state index contributed by atoms with van der Waals surface area (Å²) < 4.78 is 5.00. The first-order valence-corrected chi connectivity index (χ1v) is 6.43. The summed E-state index contributed by atoms with van der Waals surface area (Å²) in [5.74, 6) is -0.901. The Bertz CT molecular complexity index is 530. The van der Waals surface area contributed by atoms with E-state index < -0.39 is 5.97 Å². The van der Waals surface area contributed by atoms with E-state index in [-0.39, 0.29) is 25.2 Å². The number of ether oxygens (including phenoxy) is 1. The largest absolute Gasteiger partial charge is 0.480 e. The van der Waals surface area contributed by atoms with Gasteiger partial charge in [-0.05, 0) is 23.6 Å². The van der Waals surface area contributed by atoms with E-state index in [1.165, 1.54) is 0 Å². The van der Waals surface area contributed by atoms with Crippen LogP contribution in [0.3, 0.4) is 0 Å². The Morgan fingerprint density at radius 2 is 2.25 bits per heavy atom. The maximum absolute atomic E-state index is 11.6. The van der Waals surface area contributed by atoms with Crippen molar-refractivity contribution >= 4 is 17.6 Å². The quantitative estimate of drug-likeness (QED) is 0.827. The van der Waals surface area contributed by atoms with Crippen LogP contribution >= 0.6 is 0 Å². The van der Waals surface area contributed by atoms with E-state index in [4.69, 9.17) is 15.6 Å². The molecule has 3 N–H and O–H groups in total. The van der Waals surface area contributed by atoms with E-state index in [1.807, 2.05) is 18.2 Å². The number of aliphatic carboxylic acids is 1. The van der Waals surface area contributed by atoms with Crippen molar-refractivity contribution in [1.29, 1.82) is 0 Å². The molecular formula is C14H18N2O4. The number of carbonyl (C=O) groups is 2. The SMILES string of the molecule is CN1C(=O)CCc2cc(C(N)COCC(=O)O)ccc21. The van der Waals surface area contributed by atoms with Gasteiger partial charge < -0.3 is 20.5 Å². The van der Waals surface area contributed by atoms with Crippen LogP contribution in [-0.4, -0.2) is 37.2 Å². The van der Waals surface area contributed by atoms with Crippen molar-refractivity contribution in [3.63, 3.8) is 0 Å². The number of carboxylic acids is 1. The number of rotatable bonds is 5. The molecule has 1 amide bonds. The van der Waals surface area contributed by atoms with Crippen LogP contribution in [0.4, 0.5) is 5.69 Å². The van der Waals surface area contributed by atoms with Crippen LogP contribution < -0.4 is 10.6 Å². The molecule has 6 heteroatoms. The molecule has 108 valence electrons. The highest BCUT2D eigenvalue weighted by atomic mass is 16.5. The van der Waals surface area contributed by atoms with Gasteiger partial charge in [0, 0.05) is 19.2 Å². The molecule has 0 saturated heterocycles. The molecule has 1 aromatic rings. The average molecular weight is 278 g/mol. The Kier molecular flexibility index (Phi) is 4.36. The molecule has 2 rings (SSSR count). The molecule has 0 spiro atoms. The molecule has 20 heavy (non-hydrogen) atoms. The monoisotopic (exact) mass is 278 g/mol. The normalized spacial score (nSPS) is 15.9. The van der Waals surface area contributed by atoms with Crippen molar-refractivity contribution in [3.8, 4) is 0 Å². The molecule has 0 bridgehead atoms. The van der Waals surface area contributed by atoms with Crippen molar-refractivity contribution in [1.82, 2.24) is 0 Å². The van der Waals surface area contributed by atoms with Crippen molar-refractivity contribution in [2.45, 2.75) is 18.9 Å². The zero-order valence-corrected chi connectivity index (χ0v) is 11.3. The fourth-order valence-corrected chi connectivity index (χ4v) is 2.28. The van der Waals surface area contributed by atoms with Gasteiger partial charge in [-0.3, -0.25) is 4.79 Å². The number of carbonyl (C=O) groups excluding carboxylic acids is 1. The second kappa shape index (κ2) is 6.02. The minimum absolute atomic E-state index is 0.110. The highest BCUT2D eigenvalue weighted by molar-refractivity contribution is 5.95. The van der Waals surface area contributed by atoms with Crippen LogP contribution in [0.25, 0.3) is 0 Å². The fraction of sp³-hybridized carbons (Fsp3) is 0.429. The van der Waals surface area contributed by atoms with Gasteiger partial charge in [-0.25, -0.2) is 4.79 Å². The predicted molar refractivity (Wildman–Crippen MR) is 73.6 cm³/mol. The van der Waals surface area contributed by atoms with Crippen LogP contribution in [-0.2, 0) is 20.7 Å². The second-order valence-corrected chi connectivity index (χ2v) is 4.86. The molecule has 1 aliphatic rings. The lowest BCUT2D eigenvalue weighted by atomic mass is 9.97. The number of benzene rings is 1. The van der Waals surface area contributed by atoms with Gasteiger partial charge in [0.1, 0.15) is 6.61 Å². The third kappa shape index (κ3) is 3.15. The van der Waals surface area contributed by atoms with Crippen molar-refractivity contribution in [3.05, 3.63) is 29.3 Å². The Morgan fingerprint density at radius 3 is 2.95 bits per heavy atom. The highest BCUT2D eigenvalue weighted by Gasteiger charge is 2.21. The highest BCUT2D eigenvalue weighted by Crippen LogP contribution is 2.29. The van der Waals surface area contributed by atoms with Crippen LogP contribution in [0, 0.1) is 0 Å². The second-order valence-electron chi connectivity index (χ2n) is 4.86. The summed E-state index contributed by atoms with van der Waals surface area (Å²) in [5.41, 5.74) is 8.85. The summed E-state index contributed by atoms with van der Waals surface area (Å²) in [6.07, 6.45) is 1.20. The lowest BCUT2D eigenvalue weighted by molar-refractivity contribution is -0.142. The Labute approximate surface area is 117 Å². The number of amides is 1. The Balaban J connectivity index is 2.07. The Hall–Kier alpha value is -1.92. The van der Waals surface area contributed by atoms with Gasteiger partial charge in [0.15, 0.2) is 0 Å². The molecule has 1 aromatic carbocycles.